The molecule has 4 unspecified atom stereocenters. The molecule has 1 aliphatic rings. The Balaban J connectivity index is 2.14. The van der Waals surface area contributed by atoms with E-state index in [0.29, 0.717) is 24.2 Å². The number of likely N-dealkylation sites (N-methyl/N-ethyl adjacent to an activating group) is 2. The van der Waals surface area contributed by atoms with Crippen LogP contribution in [0.15, 0.2) is 24.3 Å². The van der Waals surface area contributed by atoms with Gasteiger partial charge >= 0.3 is 0 Å². The maximum absolute atomic E-state index is 5.74. The molecule has 0 radical (unpaired) electrons. The first kappa shape index (κ1) is 16.5. The van der Waals surface area contributed by atoms with Gasteiger partial charge in [0, 0.05) is 24.7 Å². The van der Waals surface area contributed by atoms with Crippen LogP contribution in [0.2, 0.25) is 0 Å². The quantitative estimate of drug-likeness (QED) is 0.871. The monoisotopic (exact) mass is 290 g/mol. The standard InChI is InChI=1S/C18H30N2O/c1-6-19-18(16-9-7-13(2)8-10-16)14(3)20(5)17-11-12-21-15(17)4/h7-10,14-15,17-19H,6,11-12H2,1-5H3. The van der Waals surface area contributed by atoms with Crippen LogP contribution in [0.5, 0.6) is 0 Å². The number of hydrogen-bond donors (Lipinski definition) is 1. The zero-order valence-corrected chi connectivity index (χ0v) is 14.1. The topological polar surface area (TPSA) is 24.5 Å². The Bertz CT molecular complexity index is 431. The smallest absolute Gasteiger partial charge is 0.0703 e. The molecule has 2 rings (SSSR count). The summed E-state index contributed by atoms with van der Waals surface area (Å²) < 4.78 is 5.74. The third kappa shape index (κ3) is 3.85. The van der Waals surface area contributed by atoms with E-state index in [4.69, 9.17) is 4.74 Å². The molecular formula is C18H30N2O. The molecular weight excluding hydrogens is 260 g/mol. The van der Waals surface area contributed by atoms with Gasteiger partial charge < -0.3 is 10.1 Å². The minimum atomic E-state index is 0.331. The molecule has 1 fully saturated rings. The van der Waals surface area contributed by atoms with Gasteiger partial charge in [-0.3, -0.25) is 4.90 Å². The highest BCUT2D eigenvalue weighted by Gasteiger charge is 2.33. The van der Waals surface area contributed by atoms with Crippen LogP contribution in [0.1, 0.15) is 44.4 Å². The van der Waals surface area contributed by atoms with Crippen LogP contribution >= 0.6 is 0 Å². The van der Waals surface area contributed by atoms with Gasteiger partial charge in [-0.1, -0.05) is 36.8 Å². The molecule has 0 aromatic heterocycles. The molecule has 0 saturated carbocycles. The van der Waals surface area contributed by atoms with Gasteiger partial charge in [0.1, 0.15) is 0 Å². The zero-order chi connectivity index (χ0) is 15.4. The van der Waals surface area contributed by atoms with Crippen LogP contribution in [0.3, 0.4) is 0 Å². The molecule has 21 heavy (non-hydrogen) atoms. The predicted octanol–water partition coefficient (Wildman–Crippen LogP) is 3.14. The van der Waals surface area contributed by atoms with Gasteiger partial charge in [0.2, 0.25) is 0 Å². The Morgan fingerprint density at radius 3 is 2.52 bits per heavy atom. The molecule has 1 aromatic carbocycles. The van der Waals surface area contributed by atoms with Crippen LogP contribution in [0, 0.1) is 6.92 Å². The lowest BCUT2D eigenvalue weighted by molar-refractivity contribution is 0.0623. The summed E-state index contributed by atoms with van der Waals surface area (Å²) in [5.41, 5.74) is 2.68. The third-order valence-corrected chi connectivity index (χ3v) is 4.84. The van der Waals surface area contributed by atoms with Crippen molar-refractivity contribution in [3.63, 3.8) is 0 Å². The first-order valence-corrected chi connectivity index (χ1v) is 8.18. The summed E-state index contributed by atoms with van der Waals surface area (Å²) >= 11 is 0. The number of ether oxygens (including phenoxy) is 1. The Morgan fingerprint density at radius 2 is 2.00 bits per heavy atom. The largest absolute Gasteiger partial charge is 0.377 e. The number of nitrogens with zero attached hydrogens (tertiary/aromatic N) is 1. The highest BCUT2D eigenvalue weighted by atomic mass is 16.5. The Kier molecular flexibility index (Phi) is 5.80. The van der Waals surface area contributed by atoms with Gasteiger partial charge in [-0.25, -0.2) is 0 Å². The van der Waals surface area contributed by atoms with E-state index < -0.39 is 0 Å². The normalized spacial score (nSPS) is 25.2. The zero-order valence-electron chi connectivity index (χ0n) is 14.1. The molecule has 0 amide bonds. The van der Waals surface area contributed by atoms with Crippen LogP contribution in [0.25, 0.3) is 0 Å². The molecule has 0 spiro atoms. The van der Waals surface area contributed by atoms with E-state index in [1.165, 1.54) is 11.1 Å². The first-order chi connectivity index (χ1) is 10.0. The summed E-state index contributed by atoms with van der Waals surface area (Å²) in [5, 5.41) is 3.65. The highest BCUT2D eigenvalue weighted by molar-refractivity contribution is 5.25. The second kappa shape index (κ2) is 7.39. The van der Waals surface area contributed by atoms with E-state index in [2.05, 4.69) is 69.2 Å². The maximum atomic E-state index is 5.74. The molecule has 3 heteroatoms. The van der Waals surface area contributed by atoms with Crippen molar-refractivity contribution in [2.45, 2.75) is 58.3 Å². The third-order valence-electron chi connectivity index (χ3n) is 4.84. The molecule has 1 saturated heterocycles. The van der Waals surface area contributed by atoms with Crippen LogP contribution in [0.4, 0.5) is 0 Å². The second-order valence-electron chi connectivity index (χ2n) is 6.28. The van der Waals surface area contributed by atoms with E-state index in [-0.39, 0.29) is 0 Å². The molecule has 0 bridgehead atoms. The van der Waals surface area contributed by atoms with Gasteiger partial charge in [-0.2, -0.15) is 0 Å². The second-order valence-corrected chi connectivity index (χ2v) is 6.28. The SMILES string of the molecule is CCNC(c1ccc(C)cc1)C(C)N(C)C1CCOC1C. The van der Waals surface area contributed by atoms with Crippen molar-refractivity contribution >= 4 is 0 Å². The average molecular weight is 290 g/mol. The van der Waals surface area contributed by atoms with E-state index in [0.717, 1.165) is 19.6 Å². The number of hydrogen-bond acceptors (Lipinski definition) is 3. The van der Waals surface area contributed by atoms with Gasteiger partial charge in [0.15, 0.2) is 0 Å². The van der Waals surface area contributed by atoms with E-state index >= 15 is 0 Å². The molecule has 3 nitrogen and oxygen atoms in total. The van der Waals surface area contributed by atoms with Crippen molar-refractivity contribution in [1.82, 2.24) is 10.2 Å². The fraction of sp³-hybridized carbons (Fsp3) is 0.667. The number of nitrogens with one attached hydrogen (secondary N) is 1. The Labute approximate surface area is 129 Å². The molecule has 118 valence electrons. The van der Waals surface area contributed by atoms with Crippen molar-refractivity contribution in [3.8, 4) is 0 Å². The lowest BCUT2D eigenvalue weighted by Gasteiger charge is -2.37. The van der Waals surface area contributed by atoms with Gasteiger partial charge in [-0.05, 0) is 46.3 Å². The molecule has 1 aromatic rings. The molecule has 1 aliphatic heterocycles. The van der Waals surface area contributed by atoms with Crippen molar-refractivity contribution in [2.24, 2.45) is 0 Å². The first-order valence-electron chi connectivity index (χ1n) is 8.18. The average Bonchev–Trinajstić information content (AvgIpc) is 2.90. The van der Waals surface area contributed by atoms with Crippen molar-refractivity contribution in [3.05, 3.63) is 35.4 Å². The molecule has 0 aliphatic carbocycles. The highest BCUT2D eigenvalue weighted by Crippen LogP contribution is 2.26. The van der Waals surface area contributed by atoms with Gasteiger partial charge in [0.05, 0.1) is 6.10 Å². The Hall–Kier alpha value is -0.900. The number of benzene rings is 1. The molecule has 4 atom stereocenters. The van der Waals surface area contributed by atoms with E-state index in [1.54, 1.807) is 0 Å². The van der Waals surface area contributed by atoms with E-state index in [9.17, 15) is 0 Å². The van der Waals surface area contributed by atoms with Crippen molar-refractivity contribution < 1.29 is 4.74 Å². The summed E-state index contributed by atoms with van der Waals surface area (Å²) in [7, 11) is 2.24. The number of aryl methyl sites for hydroxylation is 1. The maximum Gasteiger partial charge on any atom is 0.0703 e. The number of rotatable bonds is 6. The summed E-state index contributed by atoms with van der Waals surface area (Å²) in [4.78, 5) is 2.49. The van der Waals surface area contributed by atoms with Gasteiger partial charge in [0.25, 0.3) is 0 Å². The molecule has 1 N–H and O–H groups in total. The van der Waals surface area contributed by atoms with Crippen molar-refractivity contribution in [2.75, 3.05) is 20.2 Å². The van der Waals surface area contributed by atoms with Crippen LogP contribution < -0.4 is 5.32 Å². The molecule has 1 heterocycles. The fourth-order valence-corrected chi connectivity index (χ4v) is 3.35. The lowest BCUT2D eigenvalue weighted by Crippen LogP contribution is -2.48. The summed E-state index contributed by atoms with van der Waals surface area (Å²) in [6.45, 7) is 10.7. The van der Waals surface area contributed by atoms with Gasteiger partial charge in [-0.15, -0.1) is 0 Å². The Morgan fingerprint density at radius 1 is 1.33 bits per heavy atom. The summed E-state index contributed by atoms with van der Waals surface area (Å²) in [6.07, 6.45) is 1.46. The minimum Gasteiger partial charge on any atom is -0.377 e. The van der Waals surface area contributed by atoms with Crippen molar-refractivity contribution in [1.29, 1.82) is 0 Å². The summed E-state index contributed by atoms with van der Waals surface area (Å²) in [5.74, 6) is 0. The lowest BCUT2D eigenvalue weighted by atomic mass is 9.96. The minimum absolute atomic E-state index is 0.331. The van der Waals surface area contributed by atoms with Crippen LogP contribution in [-0.2, 0) is 4.74 Å². The van der Waals surface area contributed by atoms with E-state index in [1.807, 2.05) is 0 Å². The predicted molar refractivity (Wildman–Crippen MR) is 88.6 cm³/mol. The fourth-order valence-electron chi connectivity index (χ4n) is 3.35. The summed E-state index contributed by atoms with van der Waals surface area (Å²) in [6, 6.07) is 10.2. The van der Waals surface area contributed by atoms with Crippen LogP contribution in [-0.4, -0.2) is 43.3 Å².